The van der Waals surface area contributed by atoms with E-state index >= 15 is 0 Å². The van der Waals surface area contributed by atoms with Gasteiger partial charge in [0, 0.05) is 25.2 Å². The summed E-state index contributed by atoms with van der Waals surface area (Å²) < 4.78 is 33.0. The van der Waals surface area contributed by atoms with Crippen molar-refractivity contribution in [1.29, 1.82) is 0 Å². The maximum atomic E-state index is 13.0. The standard InChI is InChI=1S/C25H32N2O4S/c1-31-23-11-9-19(10-12-23)5-6-20-13-15-27(16-14-20)25(28)22-3-2-4-24(17-22)32(29,30)26-18-21-7-8-21/h2-4,9-12,17,20-21,26H,5-8,13-16,18H2,1H3. The summed E-state index contributed by atoms with van der Waals surface area (Å²) >= 11 is 0. The number of methoxy groups -OCH3 is 1. The van der Waals surface area contributed by atoms with E-state index in [1.165, 1.54) is 11.6 Å². The minimum atomic E-state index is -3.58. The molecule has 2 aromatic rings. The van der Waals surface area contributed by atoms with E-state index in [-0.39, 0.29) is 10.8 Å². The lowest BCUT2D eigenvalue weighted by Crippen LogP contribution is -2.38. The van der Waals surface area contributed by atoms with Gasteiger partial charge in [0.2, 0.25) is 10.0 Å². The molecule has 1 saturated carbocycles. The molecule has 2 fully saturated rings. The van der Waals surface area contributed by atoms with Gasteiger partial charge in [0.1, 0.15) is 5.75 Å². The molecule has 2 aliphatic rings. The number of aryl methyl sites for hydroxylation is 1. The van der Waals surface area contributed by atoms with Crippen molar-refractivity contribution in [3.05, 3.63) is 59.7 Å². The highest BCUT2D eigenvalue weighted by Crippen LogP contribution is 2.28. The second-order valence-electron chi connectivity index (χ2n) is 8.95. The van der Waals surface area contributed by atoms with Gasteiger partial charge in [-0.3, -0.25) is 4.79 Å². The Morgan fingerprint density at radius 3 is 2.41 bits per heavy atom. The number of carbonyl (C=O) groups is 1. The first kappa shape index (κ1) is 22.8. The minimum Gasteiger partial charge on any atom is -0.497 e. The van der Waals surface area contributed by atoms with Gasteiger partial charge in [-0.2, -0.15) is 0 Å². The molecule has 0 unspecified atom stereocenters. The van der Waals surface area contributed by atoms with Crippen LogP contribution in [0.15, 0.2) is 53.4 Å². The molecule has 6 nitrogen and oxygen atoms in total. The van der Waals surface area contributed by atoms with Gasteiger partial charge < -0.3 is 9.64 Å². The summed E-state index contributed by atoms with van der Waals surface area (Å²) in [5, 5.41) is 0. The molecule has 1 amide bonds. The first-order valence-electron chi connectivity index (χ1n) is 11.5. The zero-order chi connectivity index (χ0) is 22.6. The first-order valence-corrected chi connectivity index (χ1v) is 12.9. The normalized spacial score (nSPS) is 17.3. The van der Waals surface area contributed by atoms with Crippen LogP contribution in [-0.2, 0) is 16.4 Å². The van der Waals surface area contributed by atoms with E-state index in [9.17, 15) is 13.2 Å². The lowest BCUT2D eigenvalue weighted by molar-refractivity contribution is 0.0686. The molecule has 0 radical (unpaired) electrons. The Kier molecular flexibility index (Phi) is 7.16. The minimum absolute atomic E-state index is 0.0853. The quantitative estimate of drug-likeness (QED) is 0.622. The third-order valence-electron chi connectivity index (χ3n) is 6.55. The lowest BCUT2D eigenvalue weighted by atomic mass is 9.90. The number of hydrogen-bond donors (Lipinski definition) is 1. The monoisotopic (exact) mass is 456 g/mol. The van der Waals surface area contributed by atoms with Gasteiger partial charge >= 0.3 is 0 Å². The third kappa shape index (κ3) is 5.90. The Morgan fingerprint density at radius 2 is 1.75 bits per heavy atom. The first-order chi connectivity index (χ1) is 15.4. The number of rotatable bonds is 9. The van der Waals surface area contributed by atoms with E-state index in [1.54, 1.807) is 25.3 Å². The van der Waals surface area contributed by atoms with Crippen LogP contribution in [0.25, 0.3) is 0 Å². The highest BCUT2D eigenvalue weighted by molar-refractivity contribution is 7.89. The molecular formula is C25H32N2O4S. The van der Waals surface area contributed by atoms with Crippen LogP contribution in [0.4, 0.5) is 0 Å². The molecule has 1 aliphatic heterocycles. The van der Waals surface area contributed by atoms with E-state index in [0.29, 0.717) is 37.0 Å². The highest BCUT2D eigenvalue weighted by atomic mass is 32.2. The molecule has 1 aliphatic carbocycles. The number of ether oxygens (including phenoxy) is 1. The summed E-state index contributed by atoms with van der Waals surface area (Å²) in [6, 6.07) is 14.6. The maximum absolute atomic E-state index is 13.0. The Labute approximate surface area is 191 Å². The molecular weight excluding hydrogens is 424 g/mol. The predicted molar refractivity (Wildman–Crippen MR) is 124 cm³/mol. The molecule has 4 rings (SSSR count). The van der Waals surface area contributed by atoms with Crippen molar-refractivity contribution < 1.29 is 17.9 Å². The van der Waals surface area contributed by atoms with Crippen molar-refractivity contribution in [2.75, 3.05) is 26.7 Å². The topological polar surface area (TPSA) is 75.7 Å². The van der Waals surface area contributed by atoms with Gasteiger partial charge in [-0.1, -0.05) is 18.2 Å². The van der Waals surface area contributed by atoms with Crippen LogP contribution in [0.5, 0.6) is 5.75 Å². The van der Waals surface area contributed by atoms with Crippen molar-refractivity contribution >= 4 is 15.9 Å². The highest BCUT2D eigenvalue weighted by Gasteiger charge is 2.26. The number of nitrogens with one attached hydrogen (secondary N) is 1. The van der Waals surface area contributed by atoms with Gasteiger partial charge in [-0.15, -0.1) is 0 Å². The van der Waals surface area contributed by atoms with E-state index in [0.717, 1.165) is 44.3 Å². The van der Waals surface area contributed by atoms with Gasteiger partial charge in [0.25, 0.3) is 5.91 Å². The average Bonchev–Trinajstić information content (AvgIpc) is 3.66. The van der Waals surface area contributed by atoms with Gasteiger partial charge in [-0.05, 0) is 86.3 Å². The van der Waals surface area contributed by atoms with Crippen LogP contribution >= 0.6 is 0 Å². The number of carbonyl (C=O) groups excluding carboxylic acids is 1. The Bertz CT molecular complexity index is 1020. The number of likely N-dealkylation sites (tertiary alicyclic amines) is 1. The SMILES string of the molecule is COc1ccc(CCC2CCN(C(=O)c3cccc(S(=O)(=O)NCC4CC4)c3)CC2)cc1. The zero-order valence-corrected chi connectivity index (χ0v) is 19.4. The molecule has 1 N–H and O–H groups in total. The van der Waals surface area contributed by atoms with Crippen LogP contribution in [0.1, 0.15) is 48.0 Å². The molecule has 0 atom stereocenters. The molecule has 32 heavy (non-hydrogen) atoms. The Morgan fingerprint density at radius 1 is 1.03 bits per heavy atom. The fraction of sp³-hybridized carbons (Fsp3) is 0.480. The summed E-state index contributed by atoms with van der Waals surface area (Å²) in [7, 11) is -1.91. The molecule has 7 heteroatoms. The van der Waals surface area contributed by atoms with Crippen molar-refractivity contribution in [3.63, 3.8) is 0 Å². The van der Waals surface area contributed by atoms with Crippen LogP contribution < -0.4 is 9.46 Å². The number of hydrogen-bond acceptors (Lipinski definition) is 4. The van der Waals surface area contributed by atoms with Gasteiger partial charge in [-0.25, -0.2) is 13.1 Å². The van der Waals surface area contributed by atoms with E-state index in [4.69, 9.17) is 4.74 Å². The second-order valence-corrected chi connectivity index (χ2v) is 10.7. The summed E-state index contributed by atoms with van der Waals surface area (Å²) in [6.45, 7) is 1.90. The second kappa shape index (κ2) is 10.0. The molecule has 0 aromatic heterocycles. The number of nitrogens with zero attached hydrogens (tertiary/aromatic N) is 1. The summed E-state index contributed by atoms with van der Waals surface area (Å²) in [5.41, 5.74) is 1.74. The van der Waals surface area contributed by atoms with Crippen molar-refractivity contribution in [2.24, 2.45) is 11.8 Å². The van der Waals surface area contributed by atoms with Crippen LogP contribution in [0, 0.1) is 11.8 Å². The lowest BCUT2D eigenvalue weighted by Gasteiger charge is -2.32. The third-order valence-corrected chi connectivity index (χ3v) is 7.97. The Balaban J connectivity index is 1.29. The summed E-state index contributed by atoms with van der Waals surface area (Å²) in [4.78, 5) is 15.0. The Hall–Kier alpha value is -2.38. The maximum Gasteiger partial charge on any atom is 0.253 e. The average molecular weight is 457 g/mol. The smallest absolute Gasteiger partial charge is 0.253 e. The van der Waals surface area contributed by atoms with E-state index < -0.39 is 10.0 Å². The van der Waals surface area contributed by atoms with Crippen LogP contribution in [0.3, 0.4) is 0 Å². The number of amides is 1. The van der Waals surface area contributed by atoms with Crippen molar-refractivity contribution in [2.45, 2.75) is 43.4 Å². The fourth-order valence-corrected chi connectivity index (χ4v) is 5.36. The molecule has 2 aromatic carbocycles. The number of piperidine rings is 1. The molecule has 0 spiro atoms. The summed E-state index contributed by atoms with van der Waals surface area (Å²) in [5.74, 6) is 1.84. The van der Waals surface area contributed by atoms with Crippen LogP contribution in [0.2, 0.25) is 0 Å². The molecule has 1 saturated heterocycles. The predicted octanol–water partition coefficient (Wildman–Crippen LogP) is 3.87. The van der Waals surface area contributed by atoms with Crippen LogP contribution in [-0.4, -0.2) is 46.0 Å². The van der Waals surface area contributed by atoms with Crippen molar-refractivity contribution in [3.8, 4) is 5.75 Å². The van der Waals surface area contributed by atoms with E-state index in [2.05, 4.69) is 16.9 Å². The molecule has 172 valence electrons. The van der Waals surface area contributed by atoms with Gasteiger partial charge in [0.15, 0.2) is 0 Å². The largest absolute Gasteiger partial charge is 0.497 e. The molecule has 1 heterocycles. The fourth-order valence-electron chi connectivity index (χ4n) is 4.20. The number of benzene rings is 2. The van der Waals surface area contributed by atoms with Gasteiger partial charge in [0.05, 0.1) is 12.0 Å². The summed E-state index contributed by atoms with van der Waals surface area (Å²) in [6.07, 6.45) is 6.24. The zero-order valence-electron chi connectivity index (χ0n) is 18.6. The van der Waals surface area contributed by atoms with Crippen molar-refractivity contribution in [1.82, 2.24) is 9.62 Å². The van der Waals surface area contributed by atoms with E-state index in [1.807, 2.05) is 17.0 Å². The molecule has 0 bridgehead atoms. The number of sulfonamides is 1.